The number of hydrogen-bond donors (Lipinski definition) is 1. The topological polar surface area (TPSA) is 51.4 Å². The van der Waals surface area contributed by atoms with Crippen LogP contribution < -0.4 is 5.73 Å². The van der Waals surface area contributed by atoms with Crippen molar-refractivity contribution >= 4 is 0 Å². The Bertz CT molecular complexity index is 266. The Labute approximate surface area is 91.1 Å². The van der Waals surface area contributed by atoms with E-state index in [4.69, 9.17) is 10.5 Å². The molecular formula is C11H19N3O. The fourth-order valence-electron chi connectivity index (χ4n) is 1.48. The fraction of sp³-hybridized carbons (Fsp3) is 0.545. The van der Waals surface area contributed by atoms with E-state index in [0.29, 0.717) is 13.2 Å². The molecule has 0 radical (unpaired) electrons. The lowest BCUT2D eigenvalue weighted by Crippen LogP contribution is -2.40. The number of pyridine rings is 1. The minimum Gasteiger partial charge on any atom is -0.383 e. The molecule has 4 nitrogen and oxygen atoms in total. The standard InChI is InChI=1S/C11H19N3O/c1-14(11(6-12)9-15-2)8-10-4-3-5-13-7-10/h3-5,7,11H,6,8-9,12H2,1-2H3. The third-order valence-electron chi connectivity index (χ3n) is 2.41. The quantitative estimate of drug-likeness (QED) is 0.740. The van der Waals surface area contributed by atoms with Gasteiger partial charge in [-0.05, 0) is 18.7 Å². The molecule has 0 aliphatic heterocycles. The second-order valence-electron chi connectivity index (χ2n) is 3.62. The van der Waals surface area contributed by atoms with E-state index in [-0.39, 0.29) is 6.04 Å². The van der Waals surface area contributed by atoms with Gasteiger partial charge in [-0.2, -0.15) is 0 Å². The molecule has 1 rings (SSSR count). The zero-order valence-electron chi connectivity index (χ0n) is 9.39. The van der Waals surface area contributed by atoms with Crippen molar-refractivity contribution in [2.45, 2.75) is 12.6 Å². The van der Waals surface area contributed by atoms with Crippen LogP contribution in [0.2, 0.25) is 0 Å². The van der Waals surface area contributed by atoms with E-state index >= 15 is 0 Å². The zero-order valence-corrected chi connectivity index (χ0v) is 9.39. The normalized spacial score (nSPS) is 13.1. The largest absolute Gasteiger partial charge is 0.383 e. The molecule has 1 aromatic rings. The molecule has 1 atom stereocenters. The minimum atomic E-state index is 0.259. The summed E-state index contributed by atoms with van der Waals surface area (Å²) in [6.07, 6.45) is 3.65. The summed E-state index contributed by atoms with van der Waals surface area (Å²) >= 11 is 0. The third kappa shape index (κ3) is 3.95. The highest BCUT2D eigenvalue weighted by molar-refractivity contribution is 5.08. The van der Waals surface area contributed by atoms with Crippen molar-refractivity contribution in [1.82, 2.24) is 9.88 Å². The minimum absolute atomic E-state index is 0.259. The zero-order chi connectivity index (χ0) is 11.1. The number of nitrogens with two attached hydrogens (primary N) is 1. The highest BCUT2D eigenvalue weighted by Gasteiger charge is 2.12. The van der Waals surface area contributed by atoms with E-state index in [1.54, 1.807) is 13.3 Å². The van der Waals surface area contributed by atoms with Crippen LogP contribution in [0.15, 0.2) is 24.5 Å². The first kappa shape index (κ1) is 12.1. The van der Waals surface area contributed by atoms with Crippen LogP contribution in [0.4, 0.5) is 0 Å². The van der Waals surface area contributed by atoms with Crippen molar-refractivity contribution in [2.24, 2.45) is 5.73 Å². The van der Waals surface area contributed by atoms with E-state index in [1.807, 2.05) is 19.3 Å². The molecule has 0 amide bonds. The van der Waals surface area contributed by atoms with Gasteiger partial charge in [0.05, 0.1) is 6.61 Å². The monoisotopic (exact) mass is 209 g/mol. The molecule has 1 heterocycles. The lowest BCUT2D eigenvalue weighted by molar-refractivity contribution is 0.106. The third-order valence-corrected chi connectivity index (χ3v) is 2.41. The van der Waals surface area contributed by atoms with Gasteiger partial charge in [0, 0.05) is 38.6 Å². The summed E-state index contributed by atoms with van der Waals surface area (Å²) in [5, 5.41) is 0. The highest BCUT2D eigenvalue weighted by atomic mass is 16.5. The molecule has 4 heteroatoms. The molecule has 15 heavy (non-hydrogen) atoms. The van der Waals surface area contributed by atoms with E-state index < -0.39 is 0 Å². The number of aromatic nitrogens is 1. The first-order valence-corrected chi connectivity index (χ1v) is 5.06. The highest BCUT2D eigenvalue weighted by Crippen LogP contribution is 2.04. The van der Waals surface area contributed by atoms with Crippen LogP contribution in [0.1, 0.15) is 5.56 Å². The van der Waals surface area contributed by atoms with Gasteiger partial charge >= 0.3 is 0 Å². The van der Waals surface area contributed by atoms with Gasteiger partial charge in [0.1, 0.15) is 0 Å². The van der Waals surface area contributed by atoms with Crippen LogP contribution in [-0.4, -0.2) is 43.2 Å². The molecule has 0 fully saturated rings. The van der Waals surface area contributed by atoms with Crippen molar-refractivity contribution in [3.63, 3.8) is 0 Å². The molecule has 1 aromatic heterocycles. The van der Waals surface area contributed by atoms with E-state index in [1.165, 1.54) is 5.56 Å². The van der Waals surface area contributed by atoms with Gasteiger partial charge in [0.25, 0.3) is 0 Å². The van der Waals surface area contributed by atoms with Crippen molar-refractivity contribution in [2.75, 3.05) is 27.3 Å². The number of rotatable bonds is 6. The molecule has 0 aliphatic carbocycles. The molecule has 0 aromatic carbocycles. The number of ether oxygens (including phenoxy) is 1. The Kier molecular flexibility index (Phi) is 5.25. The second-order valence-corrected chi connectivity index (χ2v) is 3.62. The predicted octanol–water partition coefficient (Wildman–Crippen LogP) is 0.487. The van der Waals surface area contributed by atoms with Crippen LogP contribution >= 0.6 is 0 Å². The summed E-state index contributed by atoms with van der Waals surface area (Å²) in [5.41, 5.74) is 6.87. The lowest BCUT2D eigenvalue weighted by Gasteiger charge is -2.26. The Balaban J connectivity index is 2.50. The number of likely N-dealkylation sites (N-methyl/N-ethyl adjacent to an activating group) is 1. The number of hydrogen-bond acceptors (Lipinski definition) is 4. The Morgan fingerprint density at radius 1 is 1.60 bits per heavy atom. The molecule has 0 spiro atoms. The van der Waals surface area contributed by atoms with Crippen molar-refractivity contribution in [3.05, 3.63) is 30.1 Å². The first-order valence-electron chi connectivity index (χ1n) is 5.06. The Morgan fingerprint density at radius 3 is 2.93 bits per heavy atom. The van der Waals surface area contributed by atoms with Gasteiger partial charge < -0.3 is 10.5 Å². The molecule has 0 aliphatic rings. The summed E-state index contributed by atoms with van der Waals surface area (Å²) < 4.78 is 5.12. The molecule has 0 bridgehead atoms. The van der Waals surface area contributed by atoms with Crippen LogP contribution in [0, 0.1) is 0 Å². The Hall–Kier alpha value is -0.970. The Morgan fingerprint density at radius 2 is 2.40 bits per heavy atom. The number of nitrogens with zero attached hydrogens (tertiary/aromatic N) is 2. The predicted molar refractivity (Wildman–Crippen MR) is 60.4 cm³/mol. The maximum absolute atomic E-state index is 5.68. The summed E-state index contributed by atoms with van der Waals surface area (Å²) in [7, 11) is 3.74. The SMILES string of the molecule is COCC(CN)N(C)Cc1cccnc1. The average Bonchev–Trinajstić information content (AvgIpc) is 2.27. The molecule has 1 unspecified atom stereocenters. The van der Waals surface area contributed by atoms with Gasteiger partial charge in [0.2, 0.25) is 0 Å². The second kappa shape index (κ2) is 6.50. The van der Waals surface area contributed by atoms with Crippen molar-refractivity contribution < 1.29 is 4.74 Å². The van der Waals surface area contributed by atoms with Gasteiger partial charge in [0.15, 0.2) is 0 Å². The summed E-state index contributed by atoms with van der Waals surface area (Å²) in [4.78, 5) is 6.26. The van der Waals surface area contributed by atoms with Crippen LogP contribution in [0.3, 0.4) is 0 Å². The molecular weight excluding hydrogens is 190 g/mol. The van der Waals surface area contributed by atoms with Crippen LogP contribution in [0.5, 0.6) is 0 Å². The number of methoxy groups -OCH3 is 1. The smallest absolute Gasteiger partial charge is 0.0630 e. The van der Waals surface area contributed by atoms with Gasteiger partial charge in [-0.1, -0.05) is 6.07 Å². The van der Waals surface area contributed by atoms with Crippen LogP contribution in [0.25, 0.3) is 0 Å². The molecule has 0 saturated carbocycles. The first-order chi connectivity index (χ1) is 7.27. The average molecular weight is 209 g/mol. The lowest BCUT2D eigenvalue weighted by atomic mass is 10.2. The molecule has 0 saturated heterocycles. The van der Waals surface area contributed by atoms with Gasteiger partial charge in [-0.15, -0.1) is 0 Å². The summed E-state index contributed by atoms with van der Waals surface area (Å²) in [6.45, 7) is 2.11. The van der Waals surface area contributed by atoms with Crippen molar-refractivity contribution in [3.8, 4) is 0 Å². The fourth-order valence-corrected chi connectivity index (χ4v) is 1.48. The van der Waals surface area contributed by atoms with Gasteiger partial charge in [-0.25, -0.2) is 0 Å². The van der Waals surface area contributed by atoms with E-state index in [0.717, 1.165) is 6.54 Å². The summed E-state index contributed by atoms with van der Waals surface area (Å²) in [5.74, 6) is 0. The summed E-state index contributed by atoms with van der Waals surface area (Å²) in [6, 6.07) is 4.26. The van der Waals surface area contributed by atoms with Crippen molar-refractivity contribution in [1.29, 1.82) is 0 Å². The molecule has 84 valence electrons. The van der Waals surface area contributed by atoms with Gasteiger partial charge in [-0.3, -0.25) is 9.88 Å². The van der Waals surface area contributed by atoms with Crippen LogP contribution in [-0.2, 0) is 11.3 Å². The molecule has 2 N–H and O–H groups in total. The maximum atomic E-state index is 5.68. The maximum Gasteiger partial charge on any atom is 0.0630 e. The van der Waals surface area contributed by atoms with E-state index in [9.17, 15) is 0 Å². The van der Waals surface area contributed by atoms with E-state index in [2.05, 4.69) is 16.0 Å².